The van der Waals surface area contributed by atoms with E-state index >= 15 is 0 Å². The van der Waals surface area contributed by atoms with E-state index in [-0.39, 0.29) is 17.6 Å². The van der Waals surface area contributed by atoms with Gasteiger partial charge in [-0.25, -0.2) is 4.98 Å². The van der Waals surface area contributed by atoms with Crippen molar-refractivity contribution in [1.29, 1.82) is 0 Å². The zero-order valence-electron chi connectivity index (χ0n) is 9.46. The third-order valence-corrected chi connectivity index (χ3v) is 2.34. The molecule has 4 heteroatoms. The first-order chi connectivity index (χ1) is 7.63. The van der Waals surface area contributed by atoms with E-state index in [1.807, 2.05) is 26.0 Å². The van der Waals surface area contributed by atoms with Crippen LogP contribution in [0.15, 0.2) is 36.3 Å². The summed E-state index contributed by atoms with van der Waals surface area (Å²) in [7, 11) is 0. The molecule has 0 spiro atoms. The van der Waals surface area contributed by atoms with Gasteiger partial charge in [0.15, 0.2) is 18.2 Å². The summed E-state index contributed by atoms with van der Waals surface area (Å²) in [5.41, 5.74) is 1.62. The lowest BCUT2D eigenvalue weighted by molar-refractivity contribution is -0.377. The van der Waals surface area contributed by atoms with E-state index in [0.29, 0.717) is 5.70 Å². The highest BCUT2D eigenvalue weighted by atomic mass is 35.5. The molecule has 0 aliphatic carbocycles. The van der Waals surface area contributed by atoms with Gasteiger partial charge in [0.1, 0.15) is 0 Å². The molecule has 16 heavy (non-hydrogen) atoms. The van der Waals surface area contributed by atoms with Crippen LogP contribution >= 0.6 is 11.6 Å². The molecule has 0 fully saturated rings. The number of rotatable bonds is 5. The Hall–Kier alpha value is -1.35. The van der Waals surface area contributed by atoms with Crippen LogP contribution in [0.3, 0.4) is 0 Å². The van der Waals surface area contributed by atoms with E-state index in [1.54, 1.807) is 18.5 Å². The Labute approximate surface area is 101 Å². The maximum absolute atomic E-state index is 11.5. The molecule has 1 heterocycles. The molecule has 0 aliphatic heterocycles. The Morgan fingerprint density at radius 1 is 1.50 bits per heavy atom. The van der Waals surface area contributed by atoms with Gasteiger partial charge >= 0.3 is 0 Å². The number of nitrogens with one attached hydrogen (secondary N) is 2. The quantitative estimate of drug-likeness (QED) is 0.633. The van der Waals surface area contributed by atoms with Crippen LogP contribution in [0.5, 0.6) is 0 Å². The van der Waals surface area contributed by atoms with Crippen molar-refractivity contribution in [3.63, 3.8) is 0 Å². The Kier molecular flexibility index (Phi) is 4.99. The van der Waals surface area contributed by atoms with Crippen LogP contribution in [0.25, 0.3) is 0 Å². The lowest BCUT2D eigenvalue weighted by Gasteiger charge is -2.07. The highest BCUT2D eigenvalue weighted by Gasteiger charge is 2.06. The van der Waals surface area contributed by atoms with Crippen molar-refractivity contribution in [2.24, 2.45) is 5.92 Å². The van der Waals surface area contributed by atoms with Crippen molar-refractivity contribution in [3.8, 4) is 0 Å². The normalized spacial score (nSPS) is 11.6. The largest absolute Gasteiger partial charge is 0.357 e. The number of H-pyrrole nitrogens is 1. The smallest absolute Gasteiger partial charge is 0.169 e. The number of hydrogen-bond acceptors (Lipinski definition) is 2. The Bertz CT molecular complexity index is 374. The van der Waals surface area contributed by atoms with Gasteiger partial charge in [0, 0.05) is 29.8 Å². The second-order valence-electron chi connectivity index (χ2n) is 3.77. The van der Waals surface area contributed by atoms with Crippen LogP contribution in [-0.2, 0) is 4.79 Å². The van der Waals surface area contributed by atoms with Gasteiger partial charge in [-0.2, -0.15) is 0 Å². The lowest BCUT2D eigenvalue weighted by atomic mass is 10.1. The molecule has 1 aromatic rings. The fourth-order valence-corrected chi connectivity index (χ4v) is 1.25. The van der Waals surface area contributed by atoms with Crippen LogP contribution in [-0.4, -0.2) is 11.7 Å². The minimum atomic E-state index is -0.0101. The van der Waals surface area contributed by atoms with E-state index in [1.165, 1.54) is 0 Å². The zero-order valence-corrected chi connectivity index (χ0v) is 10.2. The van der Waals surface area contributed by atoms with Gasteiger partial charge in [-0.1, -0.05) is 13.8 Å². The molecule has 0 amide bonds. The first-order valence-corrected chi connectivity index (χ1v) is 5.70. The summed E-state index contributed by atoms with van der Waals surface area (Å²) in [5.74, 6) is 0.353. The number of hydrogen-bond donors (Lipinski definition) is 1. The predicted octanol–water partition coefficient (Wildman–Crippen LogP) is 2.26. The van der Waals surface area contributed by atoms with E-state index in [0.717, 1.165) is 5.69 Å². The van der Waals surface area contributed by atoms with Crippen LogP contribution < -0.4 is 10.3 Å². The third kappa shape index (κ3) is 4.03. The van der Waals surface area contributed by atoms with Crippen LogP contribution in [0.2, 0.25) is 0 Å². The SMILES string of the molecule is CC(C)C(=O)/C=C(\CCl)Nc1cc[nH+]cc1. The van der Waals surface area contributed by atoms with Crippen molar-refractivity contribution in [1.82, 2.24) is 0 Å². The monoisotopic (exact) mass is 239 g/mol. The minimum absolute atomic E-state index is 0.0101. The average molecular weight is 240 g/mol. The van der Waals surface area contributed by atoms with Gasteiger partial charge in [0.05, 0.1) is 11.6 Å². The van der Waals surface area contributed by atoms with Gasteiger partial charge in [-0.05, 0) is 0 Å². The van der Waals surface area contributed by atoms with Gasteiger partial charge in [0.2, 0.25) is 0 Å². The number of alkyl halides is 1. The highest BCUT2D eigenvalue weighted by molar-refractivity contribution is 6.20. The van der Waals surface area contributed by atoms with Crippen LogP contribution in [0.4, 0.5) is 5.69 Å². The molecule has 0 bridgehead atoms. The molecule has 0 radical (unpaired) electrons. The van der Waals surface area contributed by atoms with Gasteiger partial charge in [-0.3, -0.25) is 4.79 Å². The number of carbonyl (C=O) groups is 1. The van der Waals surface area contributed by atoms with Gasteiger partial charge in [0.25, 0.3) is 0 Å². The first kappa shape index (κ1) is 12.7. The summed E-state index contributed by atoms with van der Waals surface area (Å²) < 4.78 is 0. The lowest BCUT2D eigenvalue weighted by Crippen LogP contribution is -2.09. The molecule has 1 aromatic heterocycles. The number of carbonyl (C=O) groups excluding carboxylic acids is 1. The zero-order chi connectivity index (χ0) is 12.0. The average Bonchev–Trinajstić information content (AvgIpc) is 2.29. The van der Waals surface area contributed by atoms with E-state index in [4.69, 9.17) is 11.6 Å². The Balaban J connectivity index is 2.73. The van der Waals surface area contributed by atoms with Crippen molar-refractivity contribution >= 4 is 23.1 Å². The number of allylic oxidation sites excluding steroid dienone is 2. The fraction of sp³-hybridized carbons (Fsp3) is 0.333. The summed E-state index contributed by atoms with van der Waals surface area (Å²) in [6.07, 6.45) is 5.17. The van der Waals surface area contributed by atoms with Crippen LogP contribution in [0, 0.1) is 5.92 Å². The van der Waals surface area contributed by atoms with Crippen molar-refractivity contribution < 1.29 is 9.78 Å². The van der Waals surface area contributed by atoms with Crippen LogP contribution in [0.1, 0.15) is 13.8 Å². The molecule has 86 valence electrons. The number of aromatic nitrogens is 1. The number of halogens is 1. The fourth-order valence-electron chi connectivity index (χ4n) is 1.10. The molecule has 2 N–H and O–H groups in total. The van der Waals surface area contributed by atoms with E-state index in [2.05, 4.69) is 10.3 Å². The predicted molar refractivity (Wildman–Crippen MR) is 65.3 cm³/mol. The van der Waals surface area contributed by atoms with Gasteiger partial charge in [-0.15, -0.1) is 11.6 Å². The molecule has 0 atom stereocenters. The standard InChI is InChI=1S/C12H15ClN2O/c1-9(2)12(16)7-11(8-13)15-10-3-5-14-6-4-10/h3-7,9H,8H2,1-2H3,(H,14,15)/p+1/b11-7+. The number of ketones is 1. The van der Waals surface area contributed by atoms with Crippen molar-refractivity contribution in [3.05, 3.63) is 36.3 Å². The molecule has 3 nitrogen and oxygen atoms in total. The number of pyridine rings is 1. The number of aromatic amines is 1. The highest BCUT2D eigenvalue weighted by Crippen LogP contribution is 2.09. The summed E-state index contributed by atoms with van der Waals surface area (Å²) in [4.78, 5) is 14.4. The second-order valence-corrected chi connectivity index (χ2v) is 4.04. The van der Waals surface area contributed by atoms with Crippen molar-refractivity contribution in [2.45, 2.75) is 13.8 Å². The maximum Gasteiger partial charge on any atom is 0.169 e. The molecule has 0 aromatic carbocycles. The first-order valence-electron chi connectivity index (χ1n) is 5.17. The summed E-state index contributed by atoms with van der Waals surface area (Å²) in [5, 5.41) is 3.10. The molecule has 0 unspecified atom stereocenters. The van der Waals surface area contributed by atoms with E-state index in [9.17, 15) is 4.79 Å². The minimum Gasteiger partial charge on any atom is -0.357 e. The molecule has 0 aliphatic rings. The maximum atomic E-state index is 11.5. The topological polar surface area (TPSA) is 43.2 Å². The number of anilines is 1. The molecular weight excluding hydrogens is 224 g/mol. The summed E-state index contributed by atoms with van der Waals surface area (Å²) in [6, 6.07) is 3.75. The van der Waals surface area contributed by atoms with Crippen molar-refractivity contribution in [2.75, 3.05) is 11.2 Å². The Morgan fingerprint density at radius 2 is 2.12 bits per heavy atom. The third-order valence-electron chi connectivity index (χ3n) is 2.05. The Morgan fingerprint density at radius 3 is 2.62 bits per heavy atom. The summed E-state index contributed by atoms with van der Waals surface area (Å²) >= 11 is 5.78. The molecule has 0 saturated carbocycles. The molecule has 0 saturated heterocycles. The van der Waals surface area contributed by atoms with Gasteiger partial charge < -0.3 is 5.32 Å². The van der Waals surface area contributed by atoms with E-state index < -0.39 is 0 Å². The molecular formula is C12H16ClN2O+. The molecule has 1 rings (SSSR count). The summed E-state index contributed by atoms with van der Waals surface area (Å²) in [6.45, 7) is 3.73. The second kappa shape index (κ2) is 6.28.